The van der Waals surface area contributed by atoms with Crippen LogP contribution < -0.4 is 5.32 Å². The summed E-state index contributed by atoms with van der Waals surface area (Å²) in [5.41, 5.74) is 3.29. The predicted octanol–water partition coefficient (Wildman–Crippen LogP) is 1.68. The average Bonchev–Trinajstić information content (AvgIpc) is 2.90. The lowest BCUT2D eigenvalue weighted by molar-refractivity contribution is 0.421. The van der Waals surface area contributed by atoms with Gasteiger partial charge < -0.3 is 5.32 Å². The molecule has 2 aromatic rings. The highest BCUT2D eigenvalue weighted by molar-refractivity contribution is 5.06. The molecular formula is C14H24N6. The smallest absolute Gasteiger partial charge is 0.0965 e. The van der Waals surface area contributed by atoms with Crippen molar-refractivity contribution in [3.05, 3.63) is 29.3 Å². The van der Waals surface area contributed by atoms with E-state index in [0.717, 1.165) is 31.0 Å². The van der Waals surface area contributed by atoms with E-state index in [0.29, 0.717) is 0 Å². The van der Waals surface area contributed by atoms with Crippen molar-refractivity contribution in [2.24, 2.45) is 0 Å². The molecule has 2 rings (SSSR count). The summed E-state index contributed by atoms with van der Waals surface area (Å²) in [4.78, 5) is 0. The molecule has 20 heavy (non-hydrogen) atoms. The van der Waals surface area contributed by atoms with E-state index in [9.17, 15) is 0 Å². The van der Waals surface area contributed by atoms with Gasteiger partial charge in [-0.15, -0.1) is 5.10 Å². The molecule has 110 valence electrons. The molecule has 0 amide bonds. The summed E-state index contributed by atoms with van der Waals surface area (Å²) in [7, 11) is 0. The van der Waals surface area contributed by atoms with E-state index in [1.807, 2.05) is 22.5 Å². The van der Waals surface area contributed by atoms with Gasteiger partial charge in [-0.05, 0) is 40.7 Å². The molecule has 0 aromatic carbocycles. The van der Waals surface area contributed by atoms with E-state index in [4.69, 9.17) is 0 Å². The summed E-state index contributed by atoms with van der Waals surface area (Å²) in [5.74, 6) is 0. The first kappa shape index (κ1) is 14.7. The lowest BCUT2D eigenvalue weighted by Gasteiger charge is -2.19. The zero-order chi connectivity index (χ0) is 14.8. The van der Waals surface area contributed by atoms with Crippen molar-refractivity contribution in [1.82, 2.24) is 30.1 Å². The Morgan fingerprint density at radius 2 is 1.95 bits per heavy atom. The standard InChI is InChI=1S/C14H24N6/c1-11-8-12(2)20(17-11)7-6-19-10-13(16-18-19)9-15-14(3,4)5/h8,10,15H,6-7,9H2,1-5H3. The quantitative estimate of drug-likeness (QED) is 0.902. The van der Waals surface area contributed by atoms with E-state index >= 15 is 0 Å². The number of aromatic nitrogens is 5. The first-order chi connectivity index (χ1) is 9.33. The first-order valence-electron chi connectivity index (χ1n) is 6.98. The molecule has 0 saturated carbocycles. The molecular weight excluding hydrogens is 252 g/mol. The van der Waals surface area contributed by atoms with Crippen LogP contribution >= 0.6 is 0 Å². The summed E-state index contributed by atoms with van der Waals surface area (Å²) >= 11 is 0. The minimum Gasteiger partial charge on any atom is -0.306 e. The van der Waals surface area contributed by atoms with E-state index < -0.39 is 0 Å². The summed E-state index contributed by atoms with van der Waals surface area (Å²) in [5, 5.41) is 16.2. The minimum atomic E-state index is 0.0908. The molecule has 0 aliphatic carbocycles. The van der Waals surface area contributed by atoms with E-state index in [1.165, 1.54) is 5.69 Å². The van der Waals surface area contributed by atoms with Crippen molar-refractivity contribution >= 4 is 0 Å². The van der Waals surface area contributed by atoms with E-state index in [2.05, 4.69) is 54.5 Å². The summed E-state index contributed by atoms with van der Waals surface area (Å²) in [6.45, 7) is 12.8. The second kappa shape index (κ2) is 5.75. The summed E-state index contributed by atoms with van der Waals surface area (Å²) in [6.07, 6.45) is 1.99. The molecule has 2 aromatic heterocycles. The third kappa shape index (κ3) is 4.16. The SMILES string of the molecule is Cc1cc(C)n(CCn2cc(CNC(C)(C)C)nn2)n1. The lowest BCUT2D eigenvalue weighted by Crippen LogP contribution is -2.35. The van der Waals surface area contributed by atoms with Crippen molar-refractivity contribution in [1.29, 1.82) is 0 Å². The third-order valence-corrected chi connectivity index (χ3v) is 3.03. The van der Waals surface area contributed by atoms with Gasteiger partial charge >= 0.3 is 0 Å². The fraction of sp³-hybridized carbons (Fsp3) is 0.643. The van der Waals surface area contributed by atoms with Crippen LogP contribution in [-0.4, -0.2) is 30.3 Å². The molecule has 0 radical (unpaired) electrons. The van der Waals surface area contributed by atoms with E-state index in [1.54, 1.807) is 0 Å². The maximum Gasteiger partial charge on any atom is 0.0965 e. The maximum atomic E-state index is 4.44. The zero-order valence-electron chi connectivity index (χ0n) is 13.0. The van der Waals surface area contributed by atoms with Crippen LogP contribution in [0.15, 0.2) is 12.3 Å². The van der Waals surface area contributed by atoms with Crippen LogP contribution in [0.1, 0.15) is 37.9 Å². The molecule has 6 heteroatoms. The molecule has 0 saturated heterocycles. The van der Waals surface area contributed by atoms with Gasteiger partial charge in [0.25, 0.3) is 0 Å². The first-order valence-corrected chi connectivity index (χ1v) is 6.98. The molecule has 0 aliphatic heterocycles. The Morgan fingerprint density at radius 1 is 1.20 bits per heavy atom. The van der Waals surface area contributed by atoms with Gasteiger partial charge in [0.2, 0.25) is 0 Å². The van der Waals surface area contributed by atoms with Gasteiger partial charge in [0, 0.05) is 24.0 Å². The largest absolute Gasteiger partial charge is 0.306 e. The van der Waals surface area contributed by atoms with Crippen molar-refractivity contribution in [3.8, 4) is 0 Å². The van der Waals surface area contributed by atoms with Crippen LogP contribution in [0.3, 0.4) is 0 Å². The van der Waals surface area contributed by atoms with Crippen LogP contribution in [0.25, 0.3) is 0 Å². The number of rotatable bonds is 5. The van der Waals surface area contributed by atoms with Gasteiger partial charge in [0.15, 0.2) is 0 Å². The number of aryl methyl sites for hydroxylation is 4. The molecule has 0 spiro atoms. The number of hydrogen-bond acceptors (Lipinski definition) is 4. The summed E-state index contributed by atoms with van der Waals surface area (Å²) < 4.78 is 3.88. The monoisotopic (exact) mass is 276 g/mol. The topological polar surface area (TPSA) is 60.6 Å². The highest BCUT2D eigenvalue weighted by atomic mass is 15.4. The Labute approximate surface area is 120 Å². The van der Waals surface area contributed by atoms with Gasteiger partial charge in [-0.25, -0.2) is 0 Å². The number of nitrogens with one attached hydrogen (secondary N) is 1. The fourth-order valence-corrected chi connectivity index (χ4v) is 1.98. The third-order valence-electron chi connectivity index (χ3n) is 3.03. The van der Waals surface area contributed by atoms with Crippen molar-refractivity contribution < 1.29 is 0 Å². The van der Waals surface area contributed by atoms with Crippen LogP contribution in [-0.2, 0) is 19.6 Å². The Hall–Kier alpha value is -1.69. The van der Waals surface area contributed by atoms with Crippen molar-refractivity contribution in [2.75, 3.05) is 0 Å². The average molecular weight is 276 g/mol. The van der Waals surface area contributed by atoms with Crippen LogP contribution in [0.4, 0.5) is 0 Å². The van der Waals surface area contributed by atoms with Crippen molar-refractivity contribution in [3.63, 3.8) is 0 Å². The normalized spacial score (nSPS) is 12.1. The van der Waals surface area contributed by atoms with Crippen LogP contribution in [0.2, 0.25) is 0 Å². The second-order valence-corrected chi connectivity index (χ2v) is 6.23. The Bertz CT molecular complexity index is 560. The van der Waals surface area contributed by atoms with Gasteiger partial charge in [0.05, 0.1) is 24.5 Å². The van der Waals surface area contributed by atoms with Gasteiger partial charge in [-0.2, -0.15) is 5.10 Å². The Morgan fingerprint density at radius 3 is 2.55 bits per heavy atom. The molecule has 2 heterocycles. The number of nitrogens with zero attached hydrogens (tertiary/aromatic N) is 5. The van der Waals surface area contributed by atoms with Crippen molar-refractivity contribution in [2.45, 2.75) is 59.8 Å². The fourth-order valence-electron chi connectivity index (χ4n) is 1.98. The van der Waals surface area contributed by atoms with Crippen LogP contribution in [0, 0.1) is 13.8 Å². The van der Waals surface area contributed by atoms with E-state index in [-0.39, 0.29) is 5.54 Å². The minimum absolute atomic E-state index is 0.0908. The highest BCUT2D eigenvalue weighted by Gasteiger charge is 2.10. The predicted molar refractivity (Wildman–Crippen MR) is 78.3 cm³/mol. The lowest BCUT2D eigenvalue weighted by atomic mass is 10.1. The molecule has 1 N–H and O–H groups in total. The molecule has 0 unspecified atom stereocenters. The van der Waals surface area contributed by atoms with Crippen LogP contribution in [0.5, 0.6) is 0 Å². The zero-order valence-corrected chi connectivity index (χ0v) is 13.0. The maximum absolute atomic E-state index is 4.44. The van der Waals surface area contributed by atoms with Gasteiger partial charge in [-0.1, -0.05) is 5.21 Å². The second-order valence-electron chi connectivity index (χ2n) is 6.23. The van der Waals surface area contributed by atoms with Gasteiger partial charge in [0.1, 0.15) is 0 Å². The molecule has 0 atom stereocenters. The molecule has 0 aliphatic rings. The highest BCUT2D eigenvalue weighted by Crippen LogP contribution is 2.04. The Balaban J connectivity index is 1.88. The van der Waals surface area contributed by atoms with Gasteiger partial charge in [-0.3, -0.25) is 9.36 Å². The molecule has 6 nitrogen and oxygen atoms in total. The molecule has 0 fully saturated rings. The molecule has 0 bridgehead atoms. The number of hydrogen-bond donors (Lipinski definition) is 1. The summed E-state index contributed by atoms with van der Waals surface area (Å²) in [6, 6.07) is 2.08. The Kier molecular flexibility index (Phi) is 4.23.